The molecule has 1 aromatic carbocycles. The quantitative estimate of drug-likeness (QED) is 0.828. The van der Waals surface area contributed by atoms with Crippen LogP contribution in [0.5, 0.6) is 5.75 Å². The van der Waals surface area contributed by atoms with E-state index in [0.29, 0.717) is 17.7 Å². The fraction of sp³-hybridized carbons (Fsp3) is 0.294. The number of rotatable bonds is 6. The second kappa shape index (κ2) is 6.99. The normalized spacial score (nSPS) is 12.2. The summed E-state index contributed by atoms with van der Waals surface area (Å²) < 4.78 is 5.55. The molecule has 2 rings (SSSR count). The molecule has 1 aromatic heterocycles. The Morgan fingerprint density at radius 2 is 1.95 bits per heavy atom. The first-order valence-electron chi connectivity index (χ1n) is 7.01. The van der Waals surface area contributed by atoms with Crippen molar-refractivity contribution in [3.63, 3.8) is 0 Å². The number of carbonyl (C=O) groups excluding carboxylic acids is 1. The summed E-state index contributed by atoms with van der Waals surface area (Å²) in [4.78, 5) is 16.4. The average molecular weight is 284 g/mol. The number of Topliss-reactive ketones (excluding diaryl/α,β-unsaturated/α-hetero) is 1. The Kier molecular flexibility index (Phi) is 5.06. The highest BCUT2D eigenvalue weighted by Gasteiger charge is 2.17. The van der Waals surface area contributed by atoms with E-state index in [-0.39, 0.29) is 11.9 Å². The number of aromatic nitrogens is 1. The van der Waals surface area contributed by atoms with Gasteiger partial charge in [-0.25, -0.2) is 0 Å². The van der Waals surface area contributed by atoms with Gasteiger partial charge in [0.2, 0.25) is 0 Å². The van der Waals surface area contributed by atoms with E-state index in [2.05, 4.69) is 4.98 Å². The van der Waals surface area contributed by atoms with Crippen LogP contribution < -0.4 is 10.5 Å². The smallest absolute Gasteiger partial charge is 0.181 e. The Morgan fingerprint density at radius 1 is 1.24 bits per heavy atom. The molecule has 2 N–H and O–H groups in total. The number of nitrogens with two attached hydrogens (primary N) is 1. The predicted octanol–water partition coefficient (Wildman–Crippen LogP) is 2.62. The lowest BCUT2D eigenvalue weighted by Crippen LogP contribution is -2.32. The lowest BCUT2D eigenvalue weighted by Gasteiger charge is -2.13. The Hall–Kier alpha value is -2.20. The molecular formula is C17H20N2O2. The maximum Gasteiger partial charge on any atom is 0.181 e. The van der Waals surface area contributed by atoms with E-state index < -0.39 is 6.04 Å². The van der Waals surface area contributed by atoms with Gasteiger partial charge in [0, 0.05) is 11.8 Å². The number of nitrogens with zero attached hydrogens (tertiary/aromatic N) is 1. The van der Waals surface area contributed by atoms with Gasteiger partial charge in [-0.1, -0.05) is 30.3 Å². The number of hydrogen-bond donors (Lipinski definition) is 1. The minimum atomic E-state index is -0.580. The summed E-state index contributed by atoms with van der Waals surface area (Å²) >= 11 is 0. The van der Waals surface area contributed by atoms with E-state index >= 15 is 0 Å². The molecule has 0 radical (unpaired) electrons. The molecule has 0 saturated heterocycles. The van der Waals surface area contributed by atoms with Crippen LogP contribution in [0.25, 0.3) is 0 Å². The van der Waals surface area contributed by atoms with Gasteiger partial charge in [0.1, 0.15) is 5.75 Å². The molecule has 0 bridgehead atoms. The Bertz CT molecular complexity index is 597. The van der Waals surface area contributed by atoms with Gasteiger partial charge < -0.3 is 10.5 Å². The minimum absolute atomic E-state index is 0.0372. The summed E-state index contributed by atoms with van der Waals surface area (Å²) in [5.41, 5.74) is 7.54. The van der Waals surface area contributed by atoms with Gasteiger partial charge in [-0.2, -0.15) is 0 Å². The molecule has 4 nitrogen and oxygen atoms in total. The van der Waals surface area contributed by atoms with Crippen LogP contribution in [0.15, 0.2) is 48.8 Å². The van der Waals surface area contributed by atoms with Crippen molar-refractivity contribution < 1.29 is 9.53 Å². The van der Waals surface area contributed by atoms with Gasteiger partial charge in [-0.05, 0) is 31.9 Å². The highest BCUT2D eigenvalue weighted by molar-refractivity contribution is 6.00. The van der Waals surface area contributed by atoms with Gasteiger partial charge >= 0.3 is 0 Å². The molecule has 0 fully saturated rings. The zero-order valence-electron chi connectivity index (χ0n) is 12.3. The third kappa shape index (κ3) is 4.39. The van der Waals surface area contributed by atoms with Crippen LogP contribution in [0.3, 0.4) is 0 Å². The van der Waals surface area contributed by atoms with Crippen molar-refractivity contribution in [2.24, 2.45) is 5.73 Å². The van der Waals surface area contributed by atoms with Crippen molar-refractivity contribution >= 4 is 5.78 Å². The van der Waals surface area contributed by atoms with Crippen LogP contribution in [-0.2, 0) is 6.42 Å². The predicted molar refractivity (Wildman–Crippen MR) is 82.5 cm³/mol. The van der Waals surface area contributed by atoms with Crippen molar-refractivity contribution in [1.29, 1.82) is 0 Å². The SMILES string of the molecule is CC(C)Oc1cncc(C(=O)C(N)Cc2ccccc2)c1. The first kappa shape index (κ1) is 15.2. The van der Waals surface area contributed by atoms with E-state index in [0.717, 1.165) is 5.56 Å². The van der Waals surface area contributed by atoms with Gasteiger partial charge in [-0.15, -0.1) is 0 Å². The summed E-state index contributed by atoms with van der Waals surface area (Å²) in [5, 5.41) is 0. The molecular weight excluding hydrogens is 264 g/mol. The molecule has 0 aliphatic carbocycles. The fourth-order valence-electron chi connectivity index (χ4n) is 2.06. The molecule has 0 amide bonds. The van der Waals surface area contributed by atoms with Gasteiger partial charge in [0.05, 0.1) is 18.3 Å². The van der Waals surface area contributed by atoms with Crippen molar-refractivity contribution in [3.05, 3.63) is 59.9 Å². The van der Waals surface area contributed by atoms with Crippen LogP contribution in [0.2, 0.25) is 0 Å². The number of hydrogen-bond acceptors (Lipinski definition) is 4. The molecule has 2 aromatic rings. The number of ether oxygens (including phenoxy) is 1. The minimum Gasteiger partial charge on any atom is -0.489 e. The molecule has 0 aliphatic heterocycles. The number of carbonyl (C=O) groups is 1. The van der Waals surface area contributed by atoms with Gasteiger partial charge in [0.15, 0.2) is 5.78 Å². The maximum absolute atomic E-state index is 12.4. The Labute approximate surface area is 125 Å². The highest BCUT2D eigenvalue weighted by atomic mass is 16.5. The van der Waals surface area contributed by atoms with E-state index in [4.69, 9.17) is 10.5 Å². The molecule has 1 heterocycles. The van der Waals surface area contributed by atoms with Gasteiger partial charge in [-0.3, -0.25) is 9.78 Å². The van der Waals surface area contributed by atoms with Crippen molar-refractivity contribution in [2.75, 3.05) is 0 Å². The van der Waals surface area contributed by atoms with Crippen molar-refractivity contribution in [1.82, 2.24) is 4.98 Å². The van der Waals surface area contributed by atoms with Gasteiger partial charge in [0.25, 0.3) is 0 Å². The lowest BCUT2D eigenvalue weighted by atomic mass is 9.99. The third-order valence-electron chi connectivity index (χ3n) is 3.00. The van der Waals surface area contributed by atoms with E-state index in [1.165, 1.54) is 6.20 Å². The number of pyridine rings is 1. The van der Waals surface area contributed by atoms with Crippen LogP contribution in [0.4, 0.5) is 0 Å². The number of benzene rings is 1. The molecule has 110 valence electrons. The zero-order valence-corrected chi connectivity index (χ0v) is 12.3. The summed E-state index contributed by atoms with van der Waals surface area (Å²) in [6.45, 7) is 3.85. The van der Waals surface area contributed by atoms with E-state index in [1.807, 2.05) is 44.2 Å². The Morgan fingerprint density at radius 3 is 2.62 bits per heavy atom. The molecule has 0 aliphatic rings. The highest BCUT2D eigenvalue weighted by Crippen LogP contribution is 2.15. The van der Waals surface area contributed by atoms with Crippen LogP contribution in [0.1, 0.15) is 29.8 Å². The molecule has 21 heavy (non-hydrogen) atoms. The lowest BCUT2D eigenvalue weighted by molar-refractivity contribution is 0.0959. The fourth-order valence-corrected chi connectivity index (χ4v) is 2.06. The molecule has 0 saturated carbocycles. The summed E-state index contributed by atoms with van der Waals surface area (Å²) in [6, 6.07) is 10.8. The standard InChI is InChI=1S/C17H20N2O2/c1-12(2)21-15-9-14(10-19-11-15)17(20)16(18)8-13-6-4-3-5-7-13/h3-7,9-12,16H,8,18H2,1-2H3. The average Bonchev–Trinajstić information content (AvgIpc) is 2.47. The topological polar surface area (TPSA) is 65.2 Å². The maximum atomic E-state index is 12.4. The van der Waals surface area contributed by atoms with Crippen molar-refractivity contribution in [3.8, 4) is 5.75 Å². The van der Waals surface area contributed by atoms with Crippen molar-refractivity contribution in [2.45, 2.75) is 32.4 Å². The molecule has 1 unspecified atom stereocenters. The molecule has 0 spiro atoms. The molecule has 1 atom stereocenters. The third-order valence-corrected chi connectivity index (χ3v) is 3.00. The first-order chi connectivity index (χ1) is 10.1. The van der Waals surface area contributed by atoms with Crippen LogP contribution in [0, 0.1) is 0 Å². The number of ketones is 1. The first-order valence-corrected chi connectivity index (χ1v) is 7.01. The monoisotopic (exact) mass is 284 g/mol. The largest absolute Gasteiger partial charge is 0.489 e. The summed E-state index contributed by atoms with van der Waals surface area (Å²) in [7, 11) is 0. The second-order valence-electron chi connectivity index (χ2n) is 5.24. The van der Waals surface area contributed by atoms with Crippen LogP contribution in [-0.4, -0.2) is 22.9 Å². The van der Waals surface area contributed by atoms with E-state index in [9.17, 15) is 4.79 Å². The molecule has 4 heteroatoms. The van der Waals surface area contributed by atoms with Crippen LogP contribution >= 0.6 is 0 Å². The zero-order chi connectivity index (χ0) is 15.2. The summed E-state index contributed by atoms with van der Waals surface area (Å²) in [6.07, 6.45) is 3.67. The second-order valence-corrected chi connectivity index (χ2v) is 5.24. The van der Waals surface area contributed by atoms with E-state index in [1.54, 1.807) is 12.3 Å². The summed E-state index contributed by atoms with van der Waals surface area (Å²) in [5.74, 6) is 0.461. The Balaban J connectivity index is 2.08.